The molecule has 1 aliphatic heterocycles. The van der Waals surface area contributed by atoms with Crippen LogP contribution in [0.3, 0.4) is 0 Å². The molecule has 2 heterocycles. The van der Waals surface area contributed by atoms with E-state index in [0.29, 0.717) is 12.5 Å². The van der Waals surface area contributed by atoms with Gasteiger partial charge < -0.3 is 10.6 Å². The van der Waals surface area contributed by atoms with Gasteiger partial charge in [0.05, 0.1) is 6.04 Å². The Labute approximate surface area is 129 Å². The molecular formula is C17H19N3O2. The van der Waals surface area contributed by atoms with Crippen LogP contribution < -0.4 is 5.73 Å². The van der Waals surface area contributed by atoms with Crippen molar-refractivity contribution in [1.82, 2.24) is 9.88 Å². The summed E-state index contributed by atoms with van der Waals surface area (Å²) >= 11 is 0. The third-order valence-electron chi connectivity index (χ3n) is 4.34. The molecule has 1 aliphatic rings. The van der Waals surface area contributed by atoms with E-state index in [1.54, 1.807) is 11.1 Å². The predicted molar refractivity (Wildman–Crippen MR) is 83.8 cm³/mol. The molecule has 2 aromatic rings. The molecule has 3 rings (SSSR count). The lowest BCUT2D eigenvalue weighted by Gasteiger charge is -2.38. The lowest BCUT2D eigenvalue weighted by atomic mass is 9.89. The summed E-state index contributed by atoms with van der Waals surface area (Å²) in [6.07, 6.45) is 5.44. The topological polar surface area (TPSA) is 76.3 Å². The number of nitrogens with zero attached hydrogens (tertiary/aromatic N) is 2. The van der Waals surface area contributed by atoms with Gasteiger partial charge in [-0.2, -0.15) is 0 Å². The number of hydrogen-bond acceptors (Lipinski definition) is 3. The maximum Gasteiger partial charge on any atom is 0.312 e. The Kier molecular flexibility index (Phi) is 3.79. The molecule has 0 spiro atoms. The number of piperidine rings is 1. The van der Waals surface area contributed by atoms with Gasteiger partial charge in [-0.25, -0.2) is 0 Å². The molecule has 1 aromatic carbocycles. The molecule has 22 heavy (non-hydrogen) atoms. The van der Waals surface area contributed by atoms with Crippen LogP contribution in [0, 0.1) is 5.92 Å². The molecule has 0 aliphatic carbocycles. The molecule has 5 nitrogen and oxygen atoms in total. The van der Waals surface area contributed by atoms with Gasteiger partial charge in [0.25, 0.3) is 0 Å². The second-order valence-corrected chi connectivity index (χ2v) is 6.00. The Hall–Kier alpha value is -2.43. The number of pyridine rings is 1. The van der Waals surface area contributed by atoms with Crippen molar-refractivity contribution in [2.24, 2.45) is 11.7 Å². The van der Waals surface area contributed by atoms with E-state index < -0.39 is 11.8 Å². The van der Waals surface area contributed by atoms with Crippen LogP contribution in [0.4, 0.5) is 0 Å². The molecule has 1 saturated heterocycles. The fourth-order valence-corrected chi connectivity index (χ4v) is 3.17. The van der Waals surface area contributed by atoms with E-state index in [0.717, 1.165) is 29.2 Å². The van der Waals surface area contributed by atoms with Gasteiger partial charge in [-0.05, 0) is 41.8 Å². The van der Waals surface area contributed by atoms with Crippen LogP contribution in [0.15, 0.2) is 36.7 Å². The Morgan fingerprint density at radius 2 is 2.05 bits per heavy atom. The molecule has 2 N–H and O–H groups in total. The van der Waals surface area contributed by atoms with E-state index in [1.165, 1.54) is 0 Å². The Balaban J connectivity index is 1.98. The number of aromatic nitrogens is 1. The summed E-state index contributed by atoms with van der Waals surface area (Å²) in [4.78, 5) is 29.2. The van der Waals surface area contributed by atoms with Crippen molar-refractivity contribution in [1.29, 1.82) is 0 Å². The molecule has 2 amide bonds. The Morgan fingerprint density at radius 1 is 1.23 bits per heavy atom. The standard InChI is InChI=1S/C17H19N3O2/c1-11-2-5-15(20(10-11)17(22)16(18)21)13-3-4-14-9-19-7-6-12(14)8-13/h3-4,6-9,11,15H,2,5,10H2,1H3,(H2,18,21). The first-order chi connectivity index (χ1) is 10.6. The lowest BCUT2D eigenvalue weighted by Crippen LogP contribution is -2.46. The number of likely N-dealkylation sites (tertiary alicyclic amines) is 1. The number of nitrogens with two attached hydrogens (primary N) is 1. The van der Waals surface area contributed by atoms with Gasteiger partial charge >= 0.3 is 11.8 Å². The number of fused-ring (bicyclic) bond motifs is 1. The van der Waals surface area contributed by atoms with E-state index in [1.807, 2.05) is 24.4 Å². The zero-order valence-electron chi connectivity index (χ0n) is 12.5. The molecule has 2 atom stereocenters. The van der Waals surface area contributed by atoms with E-state index in [9.17, 15) is 9.59 Å². The van der Waals surface area contributed by atoms with Crippen LogP contribution in [-0.2, 0) is 9.59 Å². The van der Waals surface area contributed by atoms with Crippen LogP contribution in [0.25, 0.3) is 10.8 Å². The van der Waals surface area contributed by atoms with Crippen molar-refractivity contribution in [3.05, 3.63) is 42.2 Å². The second kappa shape index (κ2) is 5.75. The van der Waals surface area contributed by atoms with Crippen molar-refractivity contribution in [3.63, 3.8) is 0 Å². The average molecular weight is 297 g/mol. The number of amides is 2. The molecule has 1 aromatic heterocycles. The van der Waals surface area contributed by atoms with Gasteiger partial charge in [-0.15, -0.1) is 0 Å². The zero-order valence-corrected chi connectivity index (χ0v) is 12.5. The number of hydrogen-bond donors (Lipinski definition) is 1. The quantitative estimate of drug-likeness (QED) is 0.818. The van der Waals surface area contributed by atoms with Gasteiger partial charge in [0.1, 0.15) is 0 Å². The SMILES string of the molecule is CC1CCC(c2ccc3cnccc3c2)N(C(=O)C(N)=O)C1. The number of carbonyl (C=O) groups is 2. The molecule has 0 radical (unpaired) electrons. The maximum absolute atomic E-state index is 12.1. The monoisotopic (exact) mass is 297 g/mol. The molecule has 5 heteroatoms. The van der Waals surface area contributed by atoms with Crippen LogP contribution in [0.5, 0.6) is 0 Å². The number of primary amides is 1. The van der Waals surface area contributed by atoms with Crippen molar-refractivity contribution in [2.75, 3.05) is 6.54 Å². The minimum atomic E-state index is -0.885. The highest BCUT2D eigenvalue weighted by molar-refractivity contribution is 6.34. The summed E-state index contributed by atoms with van der Waals surface area (Å²) in [6, 6.07) is 7.94. The first-order valence-electron chi connectivity index (χ1n) is 7.50. The highest BCUT2D eigenvalue weighted by atomic mass is 16.2. The largest absolute Gasteiger partial charge is 0.361 e. The Bertz CT molecular complexity index is 729. The summed E-state index contributed by atoms with van der Waals surface area (Å²) in [5.41, 5.74) is 6.25. The van der Waals surface area contributed by atoms with Gasteiger partial charge in [-0.1, -0.05) is 19.1 Å². The summed E-state index contributed by atoms with van der Waals surface area (Å²) in [7, 11) is 0. The number of carbonyl (C=O) groups excluding carboxylic acids is 2. The second-order valence-electron chi connectivity index (χ2n) is 6.00. The fraction of sp³-hybridized carbons (Fsp3) is 0.353. The highest BCUT2D eigenvalue weighted by Gasteiger charge is 2.33. The van der Waals surface area contributed by atoms with Crippen molar-refractivity contribution < 1.29 is 9.59 Å². The van der Waals surface area contributed by atoms with Gasteiger partial charge in [-0.3, -0.25) is 14.6 Å². The van der Waals surface area contributed by atoms with Crippen molar-refractivity contribution in [2.45, 2.75) is 25.8 Å². The average Bonchev–Trinajstić information content (AvgIpc) is 2.53. The molecule has 1 fully saturated rings. The normalized spacial score (nSPS) is 21.8. The van der Waals surface area contributed by atoms with Crippen LogP contribution in [0.2, 0.25) is 0 Å². The minimum absolute atomic E-state index is 0.0891. The molecule has 0 saturated carbocycles. The van der Waals surface area contributed by atoms with Crippen LogP contribution >= 0.6 is 0 Å². The summed E-state index contributed by atoms with van der Waals surface area (Å²) in [5.74, 6) is -1.10. The third-order valence-corrected chi connectivity index (χ3v) is 4.34. The van der Waals surface area contributed by atoms with E-state index in [4.69, 9.17) is 5.73 Å². The molecule has 0 bridgehead atoms. The fourth-order valence-electron chi connectivity index (χ4n) is 3.17. The van der Waals surface area contributed by atoms with Gasteiger partial charge in [0.15, 0.2) is 0 Å². The minimum Gasteiger partial charge on any atom is -0.361 e. The first-order valence-corrected chi connectivity index (χ1v) is 7.50. The van der Waals surface area contributed by atoms with Crippen molar-refractivity contribution >= 4 is 22.6 Å². The Morgan fingerprint density at radius 3 is 2.82 bits per heavy atom. The maximum atomic E-state index is 12.1. The lowest BCUT2D eigenvalue weighted by molar-refractivity contribution is -0.147. The van der Waals surface area contributed by atoms with Crippen molar-refractivity contribution in [3.8, 4) is 0 Å². The summed E-state index contributed by atoms with van der Waals surface area (Å²) in [5, 5.41) is 2.14. The molecule has 114 valence electrons. The summed E-state index contributed by atoms with van der Waals surface area (Å²) in [6.45, 7) is 2.66. The number of benzene rings is 1. The first kappa shape index (κ1) is 14.5. The van der Waals surface area contributed by atoms with Gasteiger partial charge in [0, 0.05) is 24.3 Å². The number of rotatable bonds is 1. The highest BCUT2D eigenvalue weighted by Crippen LogP contribution is 2.34. The molecule has 2 unspecified atom stereocenters. The summed E-state index contributed by atoms with van der Waals surface area (Å²) < 4.78 is 0. The van der Waals surface area contributed by atoms with E-state index in [2.05, 4.69) is 18.0 Å². The van der Waals surface area contributed by atoms with E-state index in [-0.39, 0.29) is 6.04 Å². The van der Waals surface area contributed by atoms with Gasteiger partial charge in [0.2, 0.25) is 0 Å². The zero-order chi connectivity index (χ0) is 15.7. The van der Waals surface area contributed by atoms with Crippen LogP contribution in [-0.4, -0.2) is 28.2 Å². The van der Waals surface area contributed by atoms with Crippen LogP contribution in [0.1, 0.15) is 31.4 Å². The molecular weight excluding hydrogens is 278 g/mol. The third kappa shape index (κ3) is 2.66. The van der Waals surface area contributed by atoms with E-state index >= 15 is 0 Å². The predicted octanol–water partition coefficient (Wildman–Crippen LogP) is 2.02. The smallest absolute Gasteiger partial charge is 0.312 e.